The molecule has 0 unspecified atom stereocenters. The van der Waals surface area contributed by atoms with Gasteiger partial charge in [-0.25, -0.2) is 14.5 Å². The van der Waals surface area contributed by atoms with Crippen molar-refractivity contribution in [1.29, 1.82) is 0 Å². The summed E-state index contributed by atoms with van der Waals surface area (Å²) in [4.78, 5) is 19.0. The van der Waals surface area contributed by atoms with Crippen LogP contribution in [0.4, 0.5) is 4.79 Å². The molecule has 186 valence electrons. The van der Waals surface area contributed by atoms with Crippen LogP contribution in [0.25, 0.3) is 11.4 Å². The minimum Gasteiger partial charge on any atom is -0.444 e. The fourth-order valence-corrected chi connectivity index (χ4v) is 4.36. The van der Waals surface area contributed by atoms with Gasteiger partial charge in [-0.3, -0.25) is 0 Å². The summed E-state index contributed by atoms with van der Waals surface area (Å²) in [5.74, 6) is 1.31. The lowest BCUT2D eigenvalue weighted by Crippen LogP contribution is -2.42. The Morgan fingerprint density at radius 1 is 1.11 bits per heavy atom. The fourth-order valence-electron chi connectivity index (χ4n) is 4.36. The second-order valence-corrected chi connectivity index (χ2v) is 10.1. The second-order valence-electron chi connectivity index (χ2n) is 10.1. The van der Waals surface area contributed by atoms with Crippen LogP contribution in [0.2, 0.25) is 0 Å². The van der Waals surface area contributed by atoms with Gasteiger partial charge < -0.3 is 14.4 Å². The highest BCUT2D eigenvalue weighted by molar-refractivity contribution is 5.68. The molecule has 0 radical (unpaired) electrons. The third kappa shape index (κ3) is 5.99. The van der Waals surface area contributed by atoms with Gasteiger partial charge in [-0.15, -0.1) is 5.10 Å². The standard InChI is InChI=1S/C27H35N5O3/c1-7-20-15-18(2)16-22(17-20)34-24-10-8-9-23(28-24)25-19(3)29-30-32(25)21-11-13-31(14-12-21)26(33)35-27(4,5)6/h8-10,15-17,21H,7,11-14H2,1-6H3. The number of amides is 1. The lowest BCUT2D eigenvalue weighted by Gasteiger charge is -2.33. The molecule has 35 heavy (non-hydrogen) atoms. The maximum Gasteiger partial charge on any atom is 0.410 e. The van der Waals surface area contributed by atoms with Gasteiger partial charge in [0, 0.05) is 19.2 Å². The number of likely N-dealkylation sites (tertiary alicyclic amines) is 1. The smallest absolute Gasteiger partial charge is 0.410 e. The molecule has 8 nitrogen and oxygen atoms in total. The van der Waals surface area contributed by atoms with Gasteiger partial charge in [0.15, 0.2) is 0 Å². The molecule has 1 aromatic carbocycles. The summed E-state index contributed by atoms with van der Waals surface area (Å²) in [5, 5.41) is 8.79. The summed E-state index contributed by atoms with van der Waals surface area (Å²) < 4.78 is 13.6. The van der Waals surface area contributed by atoms with Crippen molar-refractivity contribution in [3.63, 3.8) is 0 Å². The van der Waals surface area contributed by atoms with Crippen molar-refractivity contribution < 1.29 is 14.3 Å². The first-order valence-corrected chi connectivity index (χ1v) is 12.3. The molecule has 0 spiro atoms. The minimum absolute atomic E-state index is 0.125. The summed E-state index contributed by atoms with van der Waals surface area (Å²) in [6.45, 7) is 13.0. The predicted octanol–water partition coefficient (Wildman–Crippen LogP) is 5.88. The molecule has 2 aromatic heterocycles. The molecule has 8 heteroatoms. The van der Waals surface area contributed by atoms with Crippen molar-refractivity contribution in [3.8, 4) is 23.0 Å². The van der Waals surface area contributed by atoms with Crippen LogP contribution in [0, 0.1) is 13.8 Å². The molecule has 1 aliphatic rings. The number of hydrogen-bond donors (Lipinski definition) is 0. The average molecular weight is 478 g/mol. The first-order chi connectivity index (χ1) is 16.6. The molecule has 0 saturated carbocycles. The molecular formula is C27H35N5O3. The maximum absolute atomic E-state index is 12.4. The lowest BCUT2D eigenvalue weighted by molar-refractivity contribution is 0.0185. The molecule has 1 saturated heterocycles. The molecule has 4 rings (SSSR count). The third-order valence-electron chi connectivity index (χ3n) is 6.03. The first-order valence-electron chi connectivity index (χ1n) is 12.3. The van der Waals surface area contributed by atoms with E-state index in [0.717, 1.165) is 47.7 Å². The van der Waals surface area contributed by atoms with Crippen LogP contribution >= 0.6 is 0 Å². The Labute approximate surface area is 207 Å². The highest BCUT2D eigenvalue weighted by Crippen LogP contribution is 2.31. The van der Waals surface area contributed by atoms with E-state index in [4.69, 9.17) is 14.5 Å². The first kappa shape index (κ1) is 24.7. The summed E-state index contributed by atoms with van der Waals surface area (Å²) >= 11 is 0. The third-order valence-corrected chi connectivity index (χ3v) is 6.03. The molecule has 3 aromatic rings. The SMILES string of the molecule is CCc1cc(C)cc(Oc2cccc(-c3c(C)nnn3C3CCN(C(=O)OC(C)(C)C)CC3)n2)c1. The lowest BCUT2D eigenvalue weighted by atomic mass is 10.0. The Morgan fingerprint density at radius 3 is 2.54 bits per heavy atom. The number of carbonyl (C=O) groups excluding carboxylic acids is 1. The molecule has 1 fully saturated rings. The number of nitrogens with zero attached hydrogens (tertiary/aromatic N) is 5. The van der Waals surface area contributed by atoms with Crippen LogP contribution in [0.5, 0.6) is 11.6 Å². The number of benzene rings is 1. The van der Waals surface area contributed by atoms with E-state index in [2.05, 4.69) is 36.3 Å². The van der Waals surface area contributed by atoms with E-state index in [9.17, 15) is 4.79 Å². The van der Waals surface area contributed by atoms with Gasteiger partial charge in [-0.2, -0.15) is 0 Å². The van der Waals surface area contributed by atoms with Crippen molar-refractivity contribution in [3.05, 3.63) is 53.2 Å². The Bertz CT molecular complexity index is 1190. The van der Waals surface area contributed by atoms with E-state index < -0.39 is 5.60 Å². The highest BCUT2D eigenvalue weighted by atomic mass is 16.6. The summed E-state index contributed by atoms with van der Waals surface area (Å²) in [6, 6.07) is 12.1. The summed E-state index contributed by atoms with van der Waals surface area (Å²) in [5.41, 5.74) is 4.35. The molecule has 0 N–H and O–H groups in total. The van der Waals surface area contributed by atoms with E-state index in [1.54, 1.807) is 4.90 Å². The van der Waals surface area contributed by atoms with Crippen LogP contribution in [0.15, 0.2) is 36.4 Å². The zero-order chi connectivity index (χ0) is 25.2. The van der Waals surface area contributed by atoms with E-state index in [1.165, 1.54) is 5.56 Å². The topological polar surface area (TPSA) is 82.4 Å². The van der Waals surface area contributed by atoms with Gasteiger partial charge >= 0.3 is 6.09 Å². The van der Waals surface area contributed by atoms with E-state index in [-0.39, 0.29) is 12.1 Å². The summed E-state index contributed by atoms with van der Waals surface area (Å²) in [7, 11) is 0. The van der Waals surface area contributed by atoms with Gasteiger partial charge in [0.2, 0.25) is 5.88 Å². The Kier molecular flexibility index (Phi) is 7.10. The van der Waals surface area contributed by atoms with Crippen LogP contribution in [-0.2, 0) is 11.2 Å². The fraction of sp³-hybridized carbons (Fsp3) is 0.481. The predicted molar refractivity (Wildman–Crippen MR) is 135 cm³/mol. The van der Waals surface area contributed by atoms with Crippen molar-refractivity contribution in [2.24, 2.45) is 0 Å². The molecule has 1 amide bonds. The number of carbonyl (C=O) groups is 1. The van der Waals surface area contributed by atoms with Crippen molar-refractivity contribution in [1.82, 2.24) is 24.9 Å². The van der Waals surface area contributed by atoms with Crippen molar-refractivity contribution in [2.75, 3.05) is 13.1 Å². The van der Waals surface area contributed by atoms with Crippen LogP contribution in [0.3, 0.4) is 0 Å². The maximum atomic E-state index is 12.4. The van der Waals surface area contributed by atoms with E-state index >= 15 is 0 Å². The number of aryl methyl sites for hydroxylation is 3. The average Bonchev–Trinajstić information content (AvgIpc) is 3.19. The van der Waals surface area contributed by atoms with Crippen molar-refractivity contribution >= 4 is 6.09 Å². The normalized spacial score (nSPS) is 14.7. The zero-order valence-corrected chi connectivity index (χ0v) is 21.5. The van der Waals surface area contributed by atoms with Gasteiger partial charge in [0.1, 0.15) is 17.0 Å². The number of hydrogen-bond acceptors (Lipinski definition) is 6. The largest absolute Gasteiger partial charge is 0.444 e. The van der Waals surface area contributed by atoms with Crippen LogP contribution in [-0.4, -0.2) is 49.7 Å². The van der Waals surface area contributed by atoms with E-state index in [1.807, 2.05) is 56.6 Å². The Balaban J connectivity index is 1.52. The van der Waals surface area contributed by atoms with Crippen LogP contribution < -0.4 is 4.74 Å². The van der Waals surface area contributed by atoms with Crippen LogP contribution in [0.1, 0.15) is 63.4 Å². The molecule has 0 bridgehead atoms. The number of piperidine rings is 1. The number of aromatic nitrogens is 4. The van der Waals surface area contributed by atoms with Crippen molar-refractivity contribution in [2.45, 2.75) is 72.4 Å². The Morgan fingerprint density at radius 2 is 1.86 bits per heavy atom. The quantitative estimate of drug-likeness (QED) is 0.456. The van der Waals surface area contributed by atoms with Gasteiger partial charge in [0.25, 0.3) is 0 Å². The molecule has 1 aliphatic heterocycles. The van der Waals surface area contributed by atoms with E-state index in [0.29, 0.717) is 19.0 Å². The van der Waals surface area contributed by atoms with Gasteiger partial charge in [-0.1, -0.05) is 24.3 Å². The number of pyridine rings is 1. The monoisotopic (exact) mass is 477 g/mol. The molecular weight excluding hydrogens is 442 g/mol. The number of ether oxygens (including phenoxy) is 2. The Hall–Kier alpha value is -3.42. The molecule has 0 aliphatic carbocycles. The molecule has 0 atom stereocenters. The minimum atomic E-state index is -0.501. The van der Waals surface area contributed by atoms with Gasteiger partial charge in [0.05, 0.1) is 17.4 Å². The summed E-state index contributed by atoms with van der Waals surface area (Å²) in [6.07, 6.45) is 2.23. The highest BCUT2D eigenvalue weighted by Gasteiger charge is 2.30. The van der Waals surface area contributed by atoms with Gasteiger partial charge in [-0.05, 0) is 83.2 Å². The molecule has 3 heterocycles. The number of rotatable bonds is 5. The second kappa shape index (κ2) is 10.1. The zero-order valence-electron chi connectivity index (χ0n) is 21.5.